The Hall–Kier alpha value is -2.37. The predicted molar refractivity (Wildman–Crippen MR) is 113 cm³/mol. The van der Waals surface area contributed by atoms with Gasteiger partial charge in [-0.05, 0) is 56.0 Å². The van der Waals surface area contributed by atoms with Crippen LogP contribution in [0.5, 0.6) is 0 Å². The number of ether oxygens (including phenoxy) is 1. The molecule has 3 rings (SSSR count). The van der Waals surface area contributed by atoms with Gasteiger partial charge in [-0.2, -0.15) is 0 Å². The highest BCUT2D eigenvalue weighted by Gasteiger charge is 2.39. The molecule has 1 aliphatic rings. The van der Waals surface area contributed by atoms with Crippen LogP contribution in [0, 0.1) is 13.8 Å². The van der Waals surface area contributed by atoms with E-state index in [2.05, 4.69) is 0 Å². The molecule has 4 nitrogen and oxygen atoms in total. The molecule has 0 aliphatic carbocycles. The molecule has 0 atom stereocenters. The van der Waals surface area contributed by atoms with Crippen molar-refractivity contribution in [2.45, 2.75) is 32.1 Å². The number of nitrogens with zero attached hydrogens (tertiary/aromatic N) is 1. The van der Waals surface area contributed by atoms with Crippen molar-refractivity contribution in [2.75, 3.05) is 19.8 Å². The molecule has 0 unspecified atom stereocenters. The summed E-state index contributed by atoms with van der Waals surface area (Å²) in [5, 5.41) is 0. The lowest BCUT2D eigenvalue weighted by atomic mass is 10.0. The second-order valence-corrected chi connectivity index (χ2v) is 7.81. The van der Waals surface area contributed by atoms with Crippen molar-refractivity contribution in [3.05, 3.63) is 70.1 Å². The minimum Gasteiger partial charge on any atom is -0.382 e. The second-order valence-electron chi connectivity index (χ2n) is 6.73. The van der Waals surface area contributed by atoms with E-state index >= 15 is 0 Å². The molecule has 5 heteroatoms. The zero-order valence-electron chi connectivity index (χ0n) is 16.5. The van der Waals surface area contributed by atoms with Crippen molar-refractivity contribution < 1.29 is 14.3 Å². The predicted octanol–water partition coefficient (Wildman–Crippen LogP) is 4.60. The van der Waals surface area contributed by atoms with E-state index in [0.29, 0.717) is 36.7 Å². The van der Waals surface area contributed by atoms with E-state index in [0.717, 1.165) is 21.6 Å². The van der Waals surface area contributed by atoms with Crippen molar-refractivity contribution in [3.8, 4) is 0 Å². The third kappa shape index (κ3) is 4.37. The molecule has 0 N–H and O–H groups in total. The molecule has 0 saturated carbocycles. The molecule has 1 heterocycles. The highest BCUT2D eigenvalue weighted by Crippen LogP contribution is 2.40. The van der Waals surface area contributed by atoms with Crippen LogP contribution in [0.15, 0.2) is 58.3 Å². The first kappa shape index (κ1) is 20.4. The number of amides is 2. The van der Waals surface area contributed by atoms with Crippen LogP contribution in [-0.2, 0) is 14.3 Å². The second kappa shape index (κ2) is 9.22. The van der Waals surface area contributed by atoms with Crippen LogP contribution in [0.4, 0.5) is 0 Å². The summed E-state index contributed by atoms with van der Waals surface area (Å²) in [7, 11) is 0. The summed E-state index contributed by atoms with van der Waals surface area (Å²) >= 11 is 1.36. The summed E-state index contributed by atoms with van der Waals surface area (Å²) in [6.45, 7) is 7.52. The maximum atomic E-state index is 13.2. The SMILES string of the molecule is CCOCCCN1C(=O)C(Sc2ccccc2)=C(c2ccc(C)c(C)c2)C1=O. The van der Waals surface area contributed by atoms with Gasteiger partial charge in [-0.1, -0.05) is 48.2 Å². The number of hydrogen-bond acceptors (Lipinski definition) is 4. The quantitative estimate of drug-likeness (QED) is 0.484. The average molecular weight is 396 g/mol. The number of hydrogen-bond donors (Lipinski definition) is 0. The van der Waals surface area contributed by atoms with Gasteiger partial charge in [0, 0.05) is 24.7 Å². The van der Waals surface area contributed by atoms with Crippen molar-refractivity contribution in [1.82, 2.24) is 4.90 Å². The van der Waals surface area contributed by atoms with Crippen LogP contribution in [-0.4, -0.2) is 36.5 Å². The average Bonchev–Trinajstić information content (AvgIpc) is 2.92. The van der Waals surface area contributed by atoms with E-state index in [1.54, 1.807) is 0 Å². The van der Waals surface area contributed by atoms with E-state index in [1.165, 1.54) is 16.7 Å². The van der Waals surface area contributed by atoms with Gasteiger partial charge >= 0.3 is 0 Å². The molecular weight excluding hydrogens is 370 g/mol. The number of benzene rings is 2. The summed E-state index contributed by atoms with van der Waals surface area (Å²) in [6.07, 6.45) is 0.634. The lowest BCUT2D eigenvalue weighted by Gasteiger charge is -2.15. The van der Waals surface area contributed by atoms with Gasteiger partial charge in [-0.15, -0.1) is 0 Å². The number of rotatable bonds is 8. The Kier molecular flexibility index (Phi) is 6.70. The van der Waals surface area contributed by atoms with E-state index in [4.69, 9.17) is 4.74 Å². The first-order valence-corrected chi connectivity index (χ1v) is 10.3. The zero-order valence-corrected chi connectivity index (χ0v) is 17.3. The largest absolute Gasteiger partial charge is 0.382 e. The molecule has 2 aromatic rings. The normalized spacial score (nSPS) is 14.3. The number of carbonyl (C=O) groups excluding carboxylic acids is 2. The minimum absolute atomic E-state index is 0.219. The van der Waals surface area contributed by atoms with Gasteiger partial charge in [-0.3, -0.25) is 14.5 Å². The maximum absolute atomic E-state index is 13.2. The first-order chi connectivity index (χ1) is 13.5. The van der Waals surface area contributed by atoms with E-state index < -0.39 is 0 Å². The third-order valence-corrected chi connectivity index (χ3v) is 5.85. The molecule has 0 radical (unpaired) electrons. The third-order valence-electron chi connectivity index (χ3n) is 4.76. The van der Waals surface area contributed by atoms with Crippen molar-refractivity contribution >= 4 is 29.1 Å². The fraction of sp³-hybridized carbons (Fsp3) is 0.304. The van der Waals surface area contributed by atoms with Gasteiger partial charge in [0.15, 0.2) is 0 Å². The molecule has 1 aliphatic heterocycles. The van der Waals surface area contributed by atoms with Crippen LogP contribution in [0.3, 0.4) is 0 Å². The monoisotopic (exact) mass is 395 g/mol. The highest BCUT2D eigenvalue weighted by molar-refractivity contribution is 8.04. The van der Waals surface area contributed by atoms with Gasteiger partial charge < -0.3 is 4.74 Å². The summed E-state index contributed by atoms with van der Waals surface area (Å²) in [4.78, 5) is 29.1. The molecule has 0 spiro atoms. The van der Waals surface area contributed by atoms with Gasteiger partial charge in [-0.25, -0.2) is 0 Å². The first-order valence-electron chi connectivity index (χ1n) is 9.51. The fourth-order valence-corrected chi connectivity index (χ4v) is 4.11. The summed E-state index contributed by atoms with van der Waals surface area (Å²) in [5.41, 5.74) is 3.56. The molecule has 0 fully saturated rings. The molecule has 2 aromatic carbocycles. The fourth-order valence-electron chi connectivity index (χ4n) is 3.08. The number of carbonyl (C=O) groups is 2. The topological polar surface area (TPSA) is 46.6 Å². The lowest BCUT2D eigenvalue weighted by molar-refractivity contribution is -0.136. The van der Waals surface area contributed by atoms with Gasteiger partial charge in [0.1, 0.15) is 0 Å². The summed E-state index contributed by atoms with van der Waals surface area (Å²) in [5.74, 6) is -0.438. The number of aryl methyl sites for hydroxylation is 2. The summed E-state index contributed by atoms with van der Waals surface area (Å²) < 4.78 is 5.36. The minimum atomic E-state index is -0.219. The molecule has 0 saturated heterocycles. The Morgan fingerprint density at radius 1 is 0.964 bits per heavy atom. The van der Waals surface area contributed by atoms with Crippen molar-refractivity contribution in [3.63, 3.8) is 0 Å². The Morgan fingerprint density at radius 2 is 1.71 bits per heavy atom. The Labute approximate surface area is 170 Å². The molecule has 28 heavy (non-hydrogen) atoms. The smallest absolute Gasteiger partial charge is 0.268 e. The zero-order chi connectivity index (χ0) is 20.1. The van der Waals surface area contributed by atoms with Crippen molar-refractivity contribution in [1.29, 1.82) is 0 Å². The standard InChI is InChI=1S/C23H25NO3S/c1-4-27-14-8-13-24-22(25)20(18-12-11-16(2)17(3)15-18)21(23(24)26)28-19-9-6-5-7-10-19/h5-7,9-12,15H,4,8,13-14H2,1-3H3. The molecule has 2 amide bonds. The van der Waals surface area contributed by atoms with E-state index in [1.807, 2.05) is 69.3 Å². The maximum Gasteiger partial charge on any atom is 0.268 e. The van der Waals surface area contributed by atoms with E-state index in [-0.39, 0.29) is 11.8 Å². The van der Waals surface area contributed by atoms with Crippen LogP contribution in [0.2, 0.25) is 0 Å². The molecule has 0 bridgehead atoms. The highest BCUT2D eigenvalue weighted by atomic mass is 32.2. The Bertz CT molecular complexity index is 905. The van der Waals surface area contributed by atoms with Gasteiger partial charge in [0.2, 0.25) is 0 Å². The molecule has 0 aromatic heterocycles. The van der Waals surface area contributed by atoms with E-state index in [9.17, 15) is 9.59 Å². The van der Waals surface area contributed by atoms with Crippen LogP contribution in [0.1, 0.15) is 30.0 Å². The van der Waals surface area contributed by atoms with Gasteiger partial charge in [0.25, 0.3) is 11.8 Å². The Morgan fingerprint density at radius 3 is 2.39 bits per heavy atom. The van der Waals surface area contributed by atoms with Gasteiger partial charge in [0.05, 0.1) is 10.5 Å². The Balaban J connectivity index is 1.96. The van der Waals surface area contributed by atoms with Crippen LogP contribution < -0.4 is 0 Å². The summed E-state index contributed by atoms with van der Waals surface area (Å²) in [6, 6.07) is 15.6. The number of imide groups is 1. The number of thioether (sulfide) groups is 1. The molecular formula is C23H25NO3S. The van der Waals surface area contributed by atoms with Crippen molar-refractivity contribution in [2.24, 2.45) is 0 Å². The van der Waals surface area contributed by atoms with Crippen LogP contribution in [0.25, 0.3) is 5.57 Å². The van der Waals surface area contributed by atoms with Crippen LogP contribution >= 0.6 is 11.8 Å². The molecule has 146 valence electrons. The lowest BCUT2D eigenvalue weighted by Crippen LogP contribution is -2.33.